The van der Waals surface area contributed by atoms with Crippen LogP contribution >= 0.6 is 0 Å². The summed E-state index contributed by atoms with van der Waals surface area (Å²) < 4.78 is 5.47. The Balaban J connectivity index is 1.93. The third kappa shape index (κ3) is 3.89. The molecule has 1 aliphatic rings. The molecule has 1 saturated heterocycles. The van der Waals surface area contributed by atoms with Gasteiger partial charge in [0.2, 0.25) is 0 Å². The topological polar surface area (TPSA) is 120 Å². The minimum absolute atomic E-state index is 0.103. The lowest BCUT2D eigenvalue weighted by atomic mass is 10.1. The minimum atomic E-state index is -0.561. The fourth-order valence-corrected chi connectivity index (χ4v) is 2.27. The van der Waals surface area contributed by atoms with Gasteiger partial charge in [0.25, 0.3) is 11.6 Å². The van der Waals surface area contributed by atoms with Crippen molar-refractivity contribution in [1.82, 2.24) is 5.32 Å². The SMILES string of the molecule is NNc1cc(C(=O)NCCC2CCCO2)ccc1[N+](=O)[O-]. The summed E-state index contributed by atoms with van der Waals surface area (Å²) in [5.41, 5.74) is 2.48. The second-order valence-corrected chi connectivity index (χ2v) is 4.81. The van der Waals surface area contributed by atoms with Crippen LogP contribution in [0.15, 0.2) is 18.2 Å². The number of hydrogen-bond acceptors (Lipinski definition) is 6. The fourth-order valence-electron chi connectivity index (χ4n) is 2.27. The molecular weight excluding hydrogens is 276 g/mol. The number of ether oxygens (including phenoxy) is 1. The van der Waals surface area contributed by atoms with Gasteiger partial charge in [-0.3, -0.25) is 20.8 Å². The second-order valence-electron chi connectivity index (χ2n) is 4.81. The third-order valence-corrected chi connectivity index (χ3v) is 3.39. The molecule has 8 heteroatoms. The first kappa shape index (κ1) is 15.2. The molecule has 1 unspecified atom stereocenters. The van der Waals surface area contributed by atoms with Gasteiger partial charge in [-0.1, -0.05) is 0 Å². The van der Waals surface area contributed by atoms with Crippen LogP contribution in [0.4, 0.5) is 11.4 Å². The molecule has 1 fully saturated rings. The lowest BCUT2D eigenvalue weighted by molar-refractivity contribution is -0.384. The molecule has 2 rings (SSSR count). The van der Waals surface area contributed by atoms with Crippen molar-refractivity contribution in [3.63, 3.8) is 0 Å². The first-order valence-electron chi connectivity index (χ1n) is 6.76. The van der Waals surface area contributed by atoms with Gasteiger partial charge in [-0.25, -0.2) is 0 Å². The number of nitrogen functional groups attached to an aromatic ring is 1. The monoisotopic (exact) mass is 294 g/mol. The van der Waals surface area contributed by atoms with E-state index in [4.69, 9.17) is 10.6 Å². The van der Waals surface area contributed by atoms with Crippen LogP contribution < -0.4 is 16.6 Å². The number of amides is 1. The van der Waals surface area contributed by atoms with Gasteiger partial charge in [-0.05, 0) is 31.4 Å². The normalized spacial score (nSPS) is 17.5. The number of anilines is 1. The Labute approximate surface area is 121 Å². The molecule has 4 N–H and O–H groups in total. The molecule has 0 aromatic heterocycles. The van der Waals surface area contributed by atoms with Crippen molar-refractivity contribution in [2.45, 2.75) is 25.4 Å². The number of rotatable bonds is 6. The number of carbonyl (C=O) groups excluding carboxylic acids is 1. The lowest BCUT2D eigenvalue weighted by Gasteiger charge is -2.10. The smallest absolute Gasteiger partial charge is 0.293 e. The summed E-state index contributed by atoms with van der Waals surface area (Å²) in [5, 5.41) is 13.5. The summed E-state index contributed by atoms with van der Waals surface area (Å²) in [6, 6.07) is 4.02. The number of hydrazine groups is 1. The van der Waals surface area contributed by atoms with E-state index in [2.05, 4.69) is 10.7 Å². The number of benzene rings is 1. The average molecular weight is 294 g/mol. The van der Waals surface area contributed by atoms with Gasteiger partial charge >= 0.3 is 0 Å². The van der Waals surface area contributed by atoms with E-state index >= 15 is 0 Å². The van der Waals surface area contributed by atoms with Crippen molar-refractivity contribution in [2.75, 3.05) is 18.6 Å². The molecule has 1 aromatic rings. The van der Waals surface area contributed by atoms with E-state index in [1.165, 1.54) is 18.2 Å². The van der Waals surface area contributed by atoms with Gasteiger partial charge in [0.15, 0.2) is 0 Å². The second kappa shape index (κ2) is 7.00. The van der Waals surface area contributed by atoms with E-state index in [0.717, 1.165) is 25.9 Å². The summed E-state index contributed by atoms with van der Waals surface area (Å²) in [6.45, 7) is 1.29. The standard InChI is InChI=1S/C13H18N4O4/c14-16-11-8-9(3-4-12(11)17(19)20)13(18)15-6-5-10-2-1-7-21-10/h3-4,8,10,16H,1-2,5-7,14H2,(H,15,18). The Morgan fingerprint density at radius 3 is 2.95 bits per heavy atom. The van der Waals surface area contributed by atoms with Crippen LogP contribution in [-0.4, -0.2) is 30.1 Å². The average Bonchev–Trinajstić information content (AvgIpc) is 2.99. The first-order chi connectivity index (χ1) is 10.1. The van der Waals surface area contributed by atoms with Crippen LogP contribution in [-0.2, 0) is 4.74 Å². The molecule has 1 atom stereocenters. The summed E-state index contributed by atoms with van der Waals surface area (Å²) in [6.07, 6.45) is 3.06. The number of nitrogens with one attached hydrogen (secondary N) is 2. The van der Waals surface area contributed by atoms with Gasteiger partial charge in [0.05, 0.1) is 11.0 Å². The van der Waals surface area contributed by atoms with Crippen LogP contribution in [0, 0.1) is 10.1 Å². The molecule has 0 saturated carbocycles. The van der Waals surface area contributed by atoms with Crippen molar-refractivity contribution >= 4 is 17.3 Å². The van der Waals surface area contributed by atoms with Crippen molar-refractivity contribution < 1.29 is 14.5 Å². The van der Waals surface area contributed by atoms with Gasteiger partial charge < -0.3 is 15.5 Å². The van der Waals surface area contributed by atoms with Gasteiger partial charge in [-0.15, -0.1) is 0 Å². The molecule has 1 heterocycles. The maximum atomic E-state index is 12.0. The van der Waals surface area contributed by atoms with E-state index in [1.807, 2.05) is 0 Å². The number of nitrogens with zero attached hydrogens (tertiary/aromatic N) is 1. The molecule has 21 heavy (non-hydrogen) atoms. The van der Waals surface area contributed by atoms with Crippen LogP contribution in [0.2, 0.25) is 0 Å². The Morgan fingerprint density at radius 1 is 1.52 bits per heavy atom. The first-order valence-corrected chi connectivity index (χ1v) is 6.76. The molecular formula is C13H18N4O4. The summed E-state index contributed by atoms with van der Waals surface area (Å²) in [5.74, 6) is 4.95. The molecule has 1 aromatic carbocycles. The van der Waals surface area contributed by atoms with Crippen LogP contribution in [0.5, 0.6) is 0 Å². The molecule has 0 spiro atoms. The van der Waals surface area contributed by atoms with E-state index in [0.29, 0.717) is 12.1 Å². The fraction of sp³-hybridized carbons (Fsp3) is 0.462. The minimum Gasteiger partial charge on any atom is -0.378 e. The third-order valence-electron chi connectivity index (χ3n) is 3.39. The molecule has 8 nitrogen and oxygen atoms in total. The quantitative estimate of drug-likeness (QED) is 0.411. The number of hydrogen-bond donors (Lipinski definition) is 3. The number of carbonyl (C=O) groups is 1. The van der Waals surface area contributed by atoms with E-state index < -0.39 is 4.92 Å². The Bertz CT molecular complexity index is 529. The van der Waals surface area contributed by atoms with E-state index in [9.17, 15) is 14.9 Å². The van der Waals surface area contributed by atoms with E-state index in [-0.39, 0.29) is 23.4 Å². The van der Waals surface area contributed by atoms with Crippen molar-refractivity contribution in [3.8, 4) is 0 Å². The molecule has 1 aliphatic heterocycles. The Morgan fingerprint density at radius 2 is 2.33 bits per heavy atom. The Kier molecular flexibility index (Phi) is 5.07. The molecule has 0 bridgehead atoms. The van der Waals surface area contributed by atoms with Crippen molar-refractivity contribution in [1.29, 1.82) is 0 Å². The zero-order chi connectivity index (χ0) is 15.2. The highest BCUT2D eigenvalue weighted by molar-refractivity contribution is 5.95. The van der Waals surface area contributed by atoms with E-state index in [1.54, 1.807) is 0 Å². The molecule has 114 valence electrons. The summed E-state index contributed by atoms with van der Waals surface area (Å²) in [7, 11) is 0. The van der Waals surface area contributed by atoms with Crippen LogP contribution in [0.3, 0.4) is 0 Å². The number of nitrogens with two attached hydrogens (primary N) is 1. The number of nitro groups is 1. The largest absolute Gasteiger partial charge is 0.378 e. The highest BCUT2D eigenvalue weighted by Gasteiger charge is 2.17. The molecule has 1 amide bonds. The predicted molar refractivity (Wildman–Crippen MR) is 76.8 cm³/mol. The number of nitro benzene ring substituents is 1. The molecule has 0 radical (unpaired) electrons. The summed E-state index contributed by atoms with van der Waals surface area (Å²) in [4.78, 5) is 22.2. The maximum absolute atomic E-state index is 12.0. The van der Waals surface area contributed by atoms with Gasteiger partial charge in [-0.2, -0.15) is 0 Å². The van der Waals surface area contributed by atoms with Crippen molar-refractivity contribution in [2.24, 2.45) is 5.84 Å². The lowest BCUT2D eigenvalue weighted by Crippen LogP contribution is -2.27. The van der Waals surface area contributed by atoms with Crippen LogP contribution in [0.1, 0.15) is 29.6 Å². The maximum Gasteiger partial charge on any atom is 0.293 e. The van der Waals surface area contributed by atoms with Crippen molar-refractivity contribution in [3.05, 3.63) is 33.9 Å². The van der Waals surface area contributed by atoms with Gasteiger partial charge in [0.1, 0.15) is 5.69 Å². The highest BCUT2D eigenvalue weighted by atomic mass is 16.6. The molecule has 0 aliphatic carbocycles. The summed E-state index contributed by atoms with van der Waals surface area (Å²) >= 11 is 0. The van der Waals surface area contributed by atoms with Gasteiger partial charge in [0, 0.05) is 24.8 Å². The van der Waals surface area contributed by atoms with Crippen LogP contribution in [0.25, 0.3) is 0 Å². The predicted octanol–water partition coefficient (Wildman–Crippen LogP) is 1.18. The zero-order valence-electron chi connectivity index (χ0n) is 11.5. The zero-order valence-corrected chi connectivity index (χ0v) is 11.5. The highest BCUT2D eigenvalue weighted by Crippen LogP contribution is 2.24. The Hall–Kier alpha value is -2.19.